The van der Waals surface area contributed by atoms with Crippen molar-refractivity contribution in [1.29, 1.82) is 0 Å². The Kier molecular flexibility index (Phi) is 5.06. The number of benzene rings is 3. The van der Waals surface area contributed by atoms with Crippen LogP contribution in [0.2, 0.25) is 0 Å². The van der Waals surface area contributed by atoms with Crippen LogP contribution in [0.1, 0.15) is 5.56 Å². The summed E-state index contributed by atoms with van der Waals surface area (Å²) in [7, 11) is 0. The number of amides is 1. The quantitative estimate of drug-likeness (QED) is 0.416. The minimum atomic E-state index is -0.288. The largest absolute Gasteiger partial charge is 0.457 e. The molecule has 7 nitrogen and oxygen atoms in total. The van der Waals surface area contributed by atoms with Crippen molar-refractivity contribution in [2.75, 3.05) is 0 Å². The highest BCUT2D eigenvalue weighted by Gasteiger charge is 2.07. The number of carbonyl (C=O) groups is 1. The number of carbonyl (C=O) groups excluding carboxylic acids is 1. The third kappa shape index (κ3) is 4.21. The van der Waals surface area contributed by atoms with Gasteiger partial charge < -0.3 is 4.74 Å². The fraction of sp³-hybridized carbons (Fsp3) is 0.0476. The highest BCUT2D eigenvalue weighted by Crippen LogP contribution is 2.21. The Morgan fingerprint density at radius 1 is 1.00 bits per heavy atom. The number of ether oxygens (including phenoxy) is 1. The van der Waals surface area contributed by atoms with Crippen molar-refractivity contribution >= 4 is 23.2 Å². The predicted molar refractivity (Wildman–Crippen MR) is 106 cm³/mol. The topological polar surface area (TPSA) is 81.4 Å². The van der Waals surface area contributed by atoms with Crippen molar-refractivity contribution < 1.29 is 9.53 Å². The zero-order valence-corrected chi connectivity index (χ0v) is 14.9. The van der Waals surface area contributed by atoms with Gasteiger partial charge in [0.15, 0.2) is 0 Å². The number of hydrogen-bond acceptors (Lipinski definition) is 5. The van der Waals surface area contributed by atoms with Crippen LogP contribution in [-0.2, 0) is 11.3 Å². The molecule has 0 aliphatic carbocycles. The predicted octanol–water partition coefficient (Wildman–Crippen LogP) is 3.37. The first-order valence-electron chi connectivity index (χ1n) is 8.71. The van der Waals surface area contributed by atoms with Crippen molar-refractivity contribution in [2.24, 2.45) is 5.10 Å². The molecular weight excluding hydrogens is 354 g/mol. The van der Waals surface area contributed by atoms with E-state index in [1.54, 1.807) is 6.21 Å². The van der Waals surface area contributed by atoms with Gasteiger partial charge in [-0.15, -0.1) is 5.10 Å². The summed E-state index contributed by atoms with van der Waals surface area (Å²) in [6.45, 7) is 0.0367. The minimum absolute atomic E-state index is 0.0367. The maximum atomic E-state index is 12.1. The van der Waals surface area contributed by atoms with E-state index in [1.165, 1.54) is 4.68 Å². The molecule has 4 rings (SSSR count). The Morgan fingerprint density at radius 3 is 2.68 bits per heavy atom. The molecule has 0 saturated carbocycles. The van der Waals surface area contributed by atoms with Gasteiger partial charge in [-0.3, -0.25) is 4.79 Å². The highest BCUT2D eigenvalue weighted by atomic mass is 16.5. The molecule has 0 fully saturated rings. The molecule has 1 N–H and O–H groups in total. The summed E-state index contributed by atoms with van der Waals surface area (Å²) in [5.74, 6) is 1.16. The molecule has 0 radical (unpaired) electrons. The van der Waals surface area contributed by atoms with Gasteiger partial charge in [-0.05, 0) is 42.0 Å². The second kappa shape index (κ2) is 8.13. The van der Waals surface area contributed by atoms with Gasteiger partial charge in [-0.25, -0.2) is 10.1 Å². The number of rotatable bonds is 6. The summed E-state index contributed by atoms with van der Waals surface area (Å²) in [6, 6.07) is 24.4. The molecule has 3 aromatic carbocycles. The van der Waals surface area contributed by atoms with Crippen LogP contribution < -0.4 is 10.2 Å². The van der Waals surface area contributed by atoms with Gasteiger partial charge in [-0.1, -0.05) is 47.7 Å². The molecule has 0 saturated heterocycles. The SMILES string of the molecule is O=C(Cn1nnc2ccccc21)N/N=C\c1cccc(Oc2ccccc2)c1. The van der Waals surface area contributed by atoms with E-state index in [4.69, 9.17) is 4.74 Å². The second-order valence-electron chi connectivity index (χ2n) is 6.02. The molecule has 0 atom stereocenters. The van der Waals surface area contributed by atoms with Crippen LogP contribution in [0.4, 0.5) is 0 Å². The van der Waals surface area contributed by atoms with Crippen LogP contribution in [0.25, 0.3) is 11.0 Å². The maximum absolute atomic E-state index is 12.1. The molecule has 0 aliphatic heterocycles. The summed E-state index contributed by atoms with van der Waals surface area (Å²) in [6.07, 6.45) is 1.56. The van der Waals surface area contributed by atoms with Gasteiger partial charge in [0.2, 0.25) is 0 Å². The second-order valence-corrected chi connectivity index (χ2v) is 6.02. The molecule has 0 spiro atoms. The van der Waals surface area contributed by atoms with Gasteiger partial charge in [0, 0.05) is 0 Å². The number of nitrogens with zero attached hydrogens (tertiary/aromatic N) is 4. The molecule has 1 amide bonds. The first-order chi connectivity index (χ1) is 13.8. The molecule has 7 heteroatoms. The zero-order valence-electron chi connectivity index (χ0n) is 14.9. The van der Waals surface area contributed by atoms with E-state index in [9.17, 15) is 4.79 Å². The summed E-state index contributed by atoms with van der Waals surface area (Å²) in [5, 5.41) is 12.0. The first-order valence-corrected chi connectivity index (χ1v) is 8.71. The van der Waals surface area contributed by atoms with Crippen LogP contribution >= 0.6 is 0 Å². The number of hydrogen-bond donors (Lipinski definition) is 1. The molecule has 138 valence electrons. The van der Waals surface area contributed by atoms with Gasteiger partial charge in [-0.2, -0.15) is 5.10 Å². The fourth-order valence-electron chi connectivity index (χ4n) is 2.67. The third-order valence-electron chi connectivity index (χ3n) is 3.95. The van der Waals surface area contributed by atoms with Crippen molar-refractivity contribution in [3.05, 3.63) is 84.4 Å². The van der Waals surface area contributed by atoms with E-state index in [1.807, 2.05) is 78.9 Å². The Balaban J connectivity index is 1.36. The Bertz CT molecular complexity index is 1120. The molecule has 1 heterocycles. The van der Waals surface area contributed by atoms with Gasteiger partial charge in [0.05, 0.1) is 11.7 Å². The summed E-state index contributed by atoms with van der Waals surface area (Å²) < 4.78 is 7.33. The molecule has 0 bridgehead atoms. The molecular formula is C21H17N5O2. The smallest absolute Gasteiger partial charge is 0.261 e. The van der Waals surface area contributed by atoms with Crippen LogP contribution in [0.3, 0.4) is 0 Å². The normalized spacial score (nSPS) is 11.0. The summed E-state index contributed by atoms with van der Waals surface area (Å²) in [4.78, 5) is 12.1. The van der Waals surface area contributed by atoms with Crippen LogP contribution in [0.15, 0.2) is 84.0 Å². The van der Waals surface area contributed by atoms with E-state index >= 15 is 0 Å². The van der Waals surface area contributed by atoms with Gasteiger partial charge >= 0.3 is 0 Å². The van der Waals surface area contributed by atoms with E-state index in [-0.39, 0.29) is 12.5 Å². The lowest BCUT2D eigenvalue weighted by Gasteiger charge is -2.05. The van der Waals surface area contributed by atoms with Crippen LogP contribution in [-0.4, -0.2) is 27.1 Å². The fourth-order valence-corrected chi connectivity index (χ4v) is 2.67. The van der Waals surface area contributed by atoms with Crippen LogP contribution in [0.5, 0.6) is 11.5 Å². The number of hydrazone groups is 1. The highest BCUT2D eigenvalue weighted by molar-refractivity contribution is 5.83. The average molecular weight is 371 g/mol. The molecule has 4 aromatic rings. The number of aromatic nitrogens is 3. The number of nitrogens with one attached hydrogen (secondary N) is 1. The summed E-state index contributed by atoms with van der Waals surface area (Å²) in [5.41, 5.74) is 4.85. The van der Waals surface area contributed by atoms with Crippen molar-refractivity contribution in [2.45, 2.75) is 6.54 Å². The third-order valence-corrected chi connectivity index (χ3v) is 3.95. The standard InChI is InChI=1S/C21H17N5O2/c27-21(15-26-20-12-5-4-11-19(20)23-25-26)24-22-14-16-7-6-10-18(13-16)28-17-8-2-1-3-9-17/h1-14H,15H2,(H,24,27)/b22-14-. The van der Waals surface area contributed by atoms with Crippen LogP contribution in [0, 0.1) is 0 Å². The lowest BCUT2D eigenvalue weighted by Crippen LogP contribution is -2.23. The number of fused-ring (bicyclic) bond motifs is 1. The average Bonchev–Trinajstić information content (AvgIpc) is 3.12. The van der Waals surface area contributed by atoms with E-state index in [0.29, 0.717) is 5.75 Å². The van der Waals surface area contributed by atoms with E-state index in [2.05, 4.69) is 20.8 Å². The monoisotopic (exact) mass is 371 g/mol. The van der Waals surface area contributed by atoms with E-state index in [0.717, 1.165) is 22.3 Å². The van der Waals surface area contributed by atoms with Crippen molar-refractivity contribution in [3.63, 3.8) is 0 Å². The molecule has 0 unspecified atom stereocenters. The summed E-state index contributed by atoms with van der Waals surface area (Å²) >= 11 is 0. The van der Waals surface area contributed by atoms with Crippen molar-refractivity contribution in [3.8, 4) is 11.5 Å². The Labute approximate surface area is 161 Å². The van der Waals surface area contributed by atoms with Gasteiger partial charge in [0.25, 0.3) is 5.91 Å². The lowest BCUT2D eigenvalue weighted by atomic mass is 10.2. The molecule has 1 aromatic heterocycles. The maximum Gasteiger partial charge on any atom is 0.261 e. The Hall–Kier alpha value is -4.00. The zero-order chi connectivity index (χ0) is 19.2. The van der Waals surface area contributed by atoms with E-state index < -0.39 is 0 Å². The molecule has 28 heavy (non-hydrogen) atoms. The number of para-hydroxylation sites is 2. The van der Waals surface area contributed by atoms with Gasteiger partial charge in [0.1, 0.15) is 23.6 Å². The minimum Gasteiger partial charge on any atom is -0.457 e. The Morgan fingerprint density at radius 2 is 1.79 bits per heavy atom. The van der Waals surface area contributed by atoms with Crippen molar-refractivity contribution in [1.82, 2.24) is 20.4 Å². The lowest BCUT2D eigenvalue weighted by molar-refractivity contribution is -0.121. The molecule has 0 aliphatic rings. The first kappa shape index (κ1) is 17.4.